The van der Waals surface area contributed by atoms with Gasteiger partial charge in [0.05, 0.1) is 17.6 Å². The molecule has 1 heterocycles. The summed E-state index contributed by atoms with van der Waals surface area (Å²) in [6, 6.07) is 5.26. The summed E-state index contributed by atoms with van der Waals surface area (Å²) < 4.78 is 96.9. The molecule has 1 saturated carbocycles. The van der Waals surface area contributed by atoms with E-state index in [4.69, 9.17) is 0 Å². The number of ether oxygens (including phenoxy) is 1. The van der Waals surface area contributed by atoms with Crippen molar-refractivity contribution in [2.24, 2.45) is 0 Å². The van der Waals surface area contributed by atoms with Crippen molar-refractivity contribution >= 4 is 27.1 Å². The van der Waals surface area contributed by atoms with Crippen LogP contribution in [-0.4, -0.2) is 44.4 Å². The lowest BCUT2D eigenvalue weighted by molar-refractivity contribution is -0.159. The summed E-state index contributed by atoms with van der Waals surface area (Å²) >= 11 is 0.766. The molecule has 2 N–H and O–H groups in total. The van der Waals surface area contributed by atoms with Crippen LogP contribution in [0.2, 0.25) is 0 Å². The van der Waals surface area contributed by atoms with Crippen molar-refractivity contribution in [3.63, 3.8) is 0 Å². The van der Waals surface area contributed by atoms with Crippen LogP contribution in [0.1, 0.15) is 29.3 Å². The Hall–Kier alpha value is -2.76. The van der Waals surface area contributed by atoms with Gasteiger partial charge in [-0.05, 0) is 30.4 Å². The molecule has 0 saturated heterocycles. The molecule has 0 bridgehead atoms. The minimum Gasteiger partial charge on any atom is -0.435 e. The molecule has 14 heteroatoms. The van der Waals surface area contributed by atoms with E-state index in [1.165, 1.54) is 35.7 Å². The van der Waals surface area contributed by atoms with Crippen LogP contribution < -0.4 is 15.4 Å². The van der Waals surface area contributed by atoms with Crippen molar-refractivity contribution in [2.75, 3.05) is 5.75 Å². The summed E-state index contributed by atoms with van der Waals surface area (Å²) in [5, 5.41) is 15.0. The minimum absolute atomic E-state index is 0.145. The van der Waals surface area contributed by atoms with E-state index < -0.39 is 63.4 Å². The van der Waals surface area contributed by atoms with E-state index in [2.05, 4.69) is 15.4 Å². The van der Waals surface area contributed by atoms with Crippen LogP contribution in [-0.2, 0) is 20.4 Å². The highest BCUT2D eigenvalue weighted by molar-refractivity contribution is 7.90. The number of carbonyl (C=O) groups excluding carboxylic acids is 1. The fourth-order valence-electron chi connectivity index (χ4n) is 3.29. The lowest BCUT2D eigenvalue weighted by Gasteiger charge is -2.27. The minimum atomic E-state index is -4.86. The molecule has 7 nitrogen and oxygen atoms in total. The Morgan fingerprint density at radius 1 is 1.20 bits per heavy atom. The van der Waals surface area contributed by atoms with E-state index in [1.807, 2.05) is 6.07 Å². The zero-order valence-electron chi connectivity index (χ0n) is 17.9. The second-order valence-electron chi connectivity index (χ2n) is 7.93. The van der Waals surface area contributed by atoms with Crippen molar-refractivity contribution in [3.8, 4) is 11.8 Å². The van der Waals surface area contributed by atoms with Crippen molar-refractivity contribution in [2.45, 2.75) is 49.0 Å². The number of hydrogen-bond donors (Lipinski definition) is 2. The third kappa shape index (κ3) is 7.36. The van der Waals surface area contributed by atoms with Crippen molar-refractivity contribution in [3.05, 3.63) is 52.2 Å². The number of sulfone groups is 1. The highest BCUT2D eigenvalue weighted by Crippen LogP contribution is 2.37. The van der Waals surface area contributed by atoms with Crippen LogP contribution in [0, 0.1) is 11.3 Å². The molecular weight excluding hydrogens is 517 g/mol. The second-order valence-corrected chi connectivity index (χ2v) is 11.0. The number of rotatable bonds is 11. The summed E-state index contributed by atoms with van der Waals surface area (Å²) in [4.78, 5) is 12.7. The average Bonchev–Trinajstić information content (AvgIpc) is 3.31. The topological polar surface area (TPSA) is 108 Å². The number of carbonyl (C=O) groups is 1. The molecule has 190 valence electrons. The fourth-order valence-corrected chi connectivity index (χ4v) is 5.69. The van der Waals surface area contributed by atoms with Crippen molar-refractivity contribution in [1.29, 1.82) is 5.26 Å². The van der Waals surface area contributed by atoms with Gasteiger partial charge in [-0.15, -0.1) is 11.3 Å². The van der Waals surface area contributed by atoms with Crippen LogP contribution in [0.5, 0.6) is 5.75 Å². The highest BCUT2D eigenvalue weighted by Gasteiger charge is 2.48. The summed E-state index contributed by atoms with van der Waals surface area (Å²) in [6.45, 7) is -3.22. The Kier molecular flexibility index (Phi) is 8.03. The van der Waals surface area contributed by atoms with Gasteiger partial charge in [0.25, 0.3) is 0 Å². The van der Waals surface area contributed by atoms with E-state index in [9.17, 15) is 40.4 Å². The number of nitriles is 1. The third-order valence-corrected chi connectivity index (χ3v) is 7.68. The molecule has 3 rings (SSSR count). The highest BCUT2D eigenvalue weighted by atomic mass is 32.2. The molecule has 0 radical (unpaired) electrons. The fraction of sp³-hybridized carbons (Fsp3) is 0.429. The van der Waals surface area contributed by atoms with Gasteiger partial charge < -0.3 is 10.1 Å². The summed E-state index contributed by atoms with van der Waals surface area (Å²) in [5.74, 6) is -3.44. The second kappa shape index (κ2) is 10.5. The summed E-state index contributed by atoms with van der Waals surface area (Å²) in [7, 11) is -4.33. The largest absolute Gasteiger partial charge is 0.435 e. The van der Waals surface area contributed by atoms with Gasteiger partial charge in [-0.25, -0.2) is 8.42 Å². The molecular formula is C21H20F5N3O4S2. The van der Waals surface area contributed by atoms with Crippen molar-refractivity contribution < 1.29 is 39.9 Å². The molecule has 0 unspecified atom stereocenters. The maximum absolute atomic E-state index is 13.8. The number of hydrogen-bond acceptors (Lipinski definition) is 7. The van der Waals surface area contributed by atoms with Crippen LogP contribution in [0.3, 0.4) is 0 Å². The standard InChI is InChI=1S/C21H20F5N3O4S2/c22-19(23)33-15-5-2-1-4-13(15)10-35(31,32)11-14(18(30)29-20(12-27)7-8-20)28-17(21(24,25)26)16-6-3-9-34-16/h1-6,9,14,17,19,28H,7-8,10-11H2,(H,29,30)/t14-,17+/m0/s1. The molecule has 2 aromatic rings. The molecule has 1 aromatic carbocycles. The van der Waals surface area contributed by atoms with Gasteiger partial charge in [-0.1, -0.05) is 24.3 Å². The maximum Gasteiger partial charge on any atom is 0.408 e. The van der Waals surface area contributed by atoms with Crippen LogP contribution >= 0.6 is 11.3 Å². The smallest absolute Gasteiger partial charge is 0.408 e. The number of thiophene rings is 1. The SMILES string of the molecule is N#CC1(NC(=O)[C@H](CS(=O)(=O)Cc2ccccc2OC(F)F)N[C@H](c2cccs2)C(F)(F)F)CC1. The monoisotopic (exact) mass is 537 g/mol. The van der Waals surface area contributed by atoms with Gasteiger partial charge >= 0.3 is 12.8 Å². The predicted molar refractivity (Wildman–Crippen MR) is 116 cm³/mol. The zero-order chi connectivity index (χ0) is 25.9. The van der Waals surface area contributed by atoms with Gasteiger partial charge in [-0.2, -0.15) is 27.2 Å². The average molecular weight is 538 g/mol. The molecule has 1 amide bonds. The number of alkyl halides is 5. The maximum atomic E-state index is 13.8. The number of benzene rings is 1. The summed E-state index contributed by atoms with van der Waals surface area (Å²) in [6.07, 6.45) is -4.31. The Morgan fingerprint density at radius 2 is 1.89 bits per heavy atom. The van der Waals surface area contributed by atoms with Crippen LogP contribution in [0.25, 0.3) is 0 Å². The predicted octanol–water partition coefficient (Wildman–Crippen LogP) is 3.70. The normalized spacial score (nSPS) is 16.8. The van der Waals surface area contributed by atoms with Crippen LogP contribution in [0.4, 0.5) is 22.0 Å². The Balaban J connectivity index is 1.87. The molecule has 1 aliphatic rings. The molecule has 1 aromatic heterocycles. The lowest BCUT2D eigenvalue weighted by atomic mass is 10.1. The lowest BCUT2D eigenvalue weighted by Crippen LogP contribution is -2.54. The van der Waals surface area contributed by atoms with E-state index in [1.54, 1.807) is 0 Å². The number of para-hydroxylation sites is 1. The summed E-state index contributed by atoms with van der Waals surface area (Å²) in [5.41, 5.74) is -1.40. The zero-order valence-corrected chi connectivity index (χ0v) is 19.5. The first-order valence-electron chi connectivity index (χ1n) is 10.2. The molecule has 1 aliphatic carbocycles. The van der Waals surface area contributed by atoms with Gasteiger partial charge in [0, 0.05) is 10.4 Å². The first kappa shape index (κ1) is 26.8. The molecule has 2 atom stereocenters. The molecule has 0 aliphatic heterocycles. The van der Waals surface area contributed by atoms with Crippen molar-refractivity contribution in [1.82, 2.24) is 10.6 Å². The quantitative estimate of drug-likeness (QED) is 0.424. The van der Waals surface area contributed by atoms with Crippen LogP contribution in [0.15, 0.2) is 41.8 Å². The van der Waals surface area contributed by atoms with Gasteiger partial charge in [0.2, 0.25) is 5.91 Å². The molecule has 1 fully saturated rings. The van der Waals surface area contributed by atoms with Gasteiger partial charge in [0.1, 0.15) is 23.4 Å². The van der Waals surface area contributed by atoms with E-state index in [0.29, 0.717) is 0 Å². The first-order chi connectivity index (χ1) is 16.3. The number of amides is 1. The Bertz CT molecular complexity index is 1180. The first-order valence-corrected chi connectivity index (χ1v) is 12.9. The Morgan fingerprint density at radius 3 is 2.43 bits per heavy atom. The van der Waals surface area contributed by atoms with E-state index >= 15 is 0 Å². The number of halogens is 5. The van der Waals surface area contributed by atoms with E-state index in [0.717, 1.165) is 17.4 Å². The van der Waals surface area contributed by atoms with Gasteiger partial charge in [0.15, 0.2) is 9.84 Å². The van der Waals surface area contributed by atoms with E-state index in [-0.39, 0.29) is 23.3 Å². The molecule has 0 spiro atoms. The van der Waals surface area contributed by atoms with Gasteiger partial charge in [-0.3, -0.25) is 10.1 Å². The third-order valence-electron chi connectivity index (χ3n) is 5.15. The number of nitrogens with one attached hydrogen (secondary N) is 2. The molecule has 35 heavy (non-hydrogen) atoms. The Labute approximate surface area is 201 Å². The number of nitrogens with zero attached hydrogens (tertiary/aromatic N) is 1.